The van der Waals surface area contributed by atoms with Gasteiger partial charge in [0.25, 0.3) is 0 Å². The fraction of sp³-hybridized carbons (Fsp3) is 0.250. The number of carbonyl (C=O) groups is 1. The standard InChI is InChI=1S/C20H17F3N4O3/c21-20(22,23)19(29)30-14-2-1-12-10-15(17(28)11-13(12)9-14)16-3-4-18(26-25-16)27-7-5-24-6-8-27/h1-4,9-11,24,28H,5-8H2. The molecule has 0 spiro atoms. The first-order valence-corrected chi connectivity index (χ1v) is 9.17. The second kappa shape index (κ2) is 7.79. The largest absolute Gasteiger partial charge is 0.507 e. The van der Waals surface area contributed by atoms with Gasteiger partial charge in [-0.25, -0.2) is 4.79 Å². The van der Waals surface area contributed by atoms with Crippen molar-refractivity contribution >= 4 is 22.6 Å². The third-order valence-corrected chi connectivity index (χ3v) is 4.74. The number of aromatic hydroxyl groups is 1. The van der Waals surface area contributed by atoms with E-state index in [9.17, 15) is 23.1 Å². The number of nitrogens with one attached hydrogen (secondary N) is 1. The zero-order valence-corrected chi connectivity index (χ0v) is 15.6. The summed E-state index contributed by atoms with van der Waals surface area (Å²) >= 11 is 0. The summed E-state index contributed by atoms with van der Waals surface area (Å²) in [6.07, 6.45) is -5.09. The Morgan fingerprint density at radius 1 is 1.03 bits per heavy atom. The average molecular weight is 418 g/mol. The number of alkyl halides is 3. The van der Waals surface area contributed by atoms with Crippen LogP contribution in [0.15, 0.2) is 42.5 Å². The number of halogens is 3. The molecule has 10 heteroatoms. The monoisotopic (exact) mass is 418 g/mol. The van der Waals surface area contributed by atoms with Crippen LogP contribution in [-0.4, -0.2) is 53.6 Å². The van der Waals surface area contributed by atoms with Crippen molar-refractivity contribution in [1.29, 1.82) is 0 Å². The molecule has 7 nitrogen and oxygen atoms in total. The minimum absolute atomic E-state index is 0.119. The Labute approximate surface area is 169 Å². The van der Waals surface area contributed by atoms with E-state index in [1.165, 1.54) is 24.3 Å². The Balaban J connectivity index is 1.60. The maximum Gasteiger partial charge on any atom is 0.491 e. The minimum atomic E-state index is -5.09. The quantitative estimate of drug-likeness (QED) is 0.500. The van der Waals surface area contributed by atoms with Crippen molar-refractivity contribution in [2.45, 2.75) is 6.18 Å². The summed E-state index contributed by atoms with van der Waals surface area (Å²) < 4.78 is 41.4. The van der Waals surface area contributed by atoms with Gasteiger partial charge in [-0.3, -0.25) is 0 Å². The predicted molar refractivity (Wildman–Crippen MR) is 103 cm³/mol. The van der Waals surface area contributed by atoms with E-state index < -0.39 is 12.1 Å². The molecule has 0 aliphatic carbocycles. The second-order valence-electron chi connectivity index (χ2n) is 6.78. The topological polar surface area (TPSA) is 87.6 Å². The number of aromatic nitrogens is 2. The molecule has 0 saturated carbocycles. The number of fused-ring (bicyclic) bond motifs is 1. The fourth-order valence-electron chi connectivity index (χ4n) is 3.23. The summed E-state index contributed by atoms with van der Waals surface area (Å²) in [6, 6.07) is 10.6. The van der Waals surface area contributed by atoms with Gasteiger partial charge in [-0.15, -0.1) is 10.2 Å². The van der Waals surface area contributed by atoms with Gasteiger partial charge in [0.1, 0.15) is 11.5 Å². The Morgan fingerprint density at radius 2 is 1.80 bits per heavy atom. The SMILES string of the molecule is O=C(Oc1ccc2cc(-c3ccc(N4CCNCC4)nn3)c(O)cc2c1)C(F)(F)F. The molecule has 0 unspecified atom stereocenters. The zero-order valence-electron chi connectivity index (χ0n) is 15.6. The molecule has 1 aromatic heterocycles. The summed E-state index contributed by atoms with van der Waals surface area (Å²) in [5, 5.41) is 23.2. The zero-order chi connectivity index (χ0) is 21.3. The fourth-order valence-corrected chi connectivity index (χ4v) is 3.23. The van der Waals surface area contributed by atoms with E-state index in [2.05, 4.69) is 25.2 Å². The maximum absolute atomic E-state index is 12.4. The number of rotatable bonds is 3. The van der Waals surface area contributed by atoms with E-state index in [-0.39, 0.29) is 11.5 Å². The molecule has 0 radical (unpaired) electrons. The van der Waals surface area contributed by atoms with Crippen molar-refractivity contribution in [2.24, 2.45) is 0 Å². The maximum atomic E-state index is 12.4. The van der Waals surface area contributed by atoms with Crippen molar-refractivity contribution in [1.82, 2.24) is 15.5 Å². The predicted octanol–water partition coefficient (Wildman–Crippen LogP) is 2.88. The number of nitrogens with zero attached hydrogens (tertiary/aromatic N) is 3. The highest BCUT2D eigenvalue weighted by Gasteiger charge is 2.41. The van der Waals surface area contributed by atoms with Gasteiger partial charge in [0.15, 0.2) is 5.82 Å². The lowest BCUT2D eigenvalue weighted by Gasteiger charge is -2.27. The minimum Gasteiger partial charge on any atom is -0.507 e. The average Bonchev–Trinajstić information content (AvgIpc) is 2.73. The van der Waals surface area contributed by atoms with Gasteiger partial charge in [0.2, 0.25) is 0 Å². The molecule has 156 valence electrons. The van der Waals surface area contributed by atoms with Crippen molar-refractivity contribution in [3.8, 4) is 22.8 Å². The number of benzene rings is 2. The van der Waals surface area contributed by atoms with E-state index in [0.29, 0.717) is 22.0 Å². The molecule has 2 heterocycles. The molecule has 0 atom stereocenters. The molecular formula is C20H17F3N4O3. The lowest BCUT2D eigenvalue weighted by molar-refractivity contribution is -0.189. The number of piperazine rings is 1. The number of carbonyl (C=O) groups excluding carboxylic acids is 1. The molecule has 2 N–H and O–H groups in total. The van der Waals surface area contributed by atoms with Crippen LogP contribution >= 0.6 is 0 Å². The summed E-state index contributed by atoms with van der Waals surface area (Å²) in [5.41, 5.74) is 0.891. The Morgan fingerprint density at radius 3 is 2.47 bits per heavy atom. The van der Waals surface area contributed by atoms with Gasteiger partial charge in [-0.2, -0.15) is 13.2 Å². The molecule has 4 rings (SSSR count). The number of anilines is 1. The van der Waals surface area contributed by atoms with Crippen LogP contribution in [0.1, 0.15) is 0 Å². The van der Waals surface area contributed by atoms with E-state index >= 15 is 0 Å². The van der Waals surface area contributed by atoms with Gasteiger partial charge in [-0.1, -0.05) is 6.07 Å². The van der Waals surface area contributed by atoms with Crippen LogP contribution < -0.4 is 15.0 Å². The van der Waals surface area contributed by atoms with Crippen molar-refractivity contribution in [2.75, 3.05) is 31.1 Å². The summed E-state index contributed by atoms with van der Waals surface area (Å²) in [4.78, 5) is 13.1. The summed E-state index contributed by atoms with van der Waals surface area (Å²) in [7, 11) is 0. The van der Waals surface area contributed by atoms with Crippen molar-refractivity contribution < 1.29 is 27.8 Å². The second-order valence-corrected chi connectivity index (χ2v) is 6.78. The number of phenols is 1. The lowest BCUT2D eigenvalue weighted by atomic mass is 10.0. The number of phenolic OH excluding ortho intramolecular Hbond substituents is 1. The highest BCUT2D eigenvalue weighted by Crippen LogP contribution is 2.34. The number of hydrogen-bond donors (Lipinski definition) is 2. The first-order valence-electron chi connectivity index (χ1n) is 9.17. The van der Waals surface area contributed by atoms with E-state index in [0.717, 1.165) is 32.0 Å². The Kier molecular flexibility index (Phi) is 5.17. The first-order chi connectivity index (χ1) is 14.3. The lowest BCUT2D eigenvalue weighted by Crippen LogP contribution is -2.43. The molecule has 0 bridgehead atoms. The van der Waals surface area contributed by atoms with Crippen LogP contribution in [0.5, 0.6) is 11.5 Å². The molecule has 1 aliphatic rings. The summed E-state index contributed by atoms with van der Waals surface area (Å²) in [5.74, 6) is -1.94. The molecule has 1 fully saturated rings. The van der Waals surface area contributed by atoms with Crippen LogP contribution in [0, 0.1) is 0 Å². The number of esters is 1. The Hall–Kier alpha value is -3.40. The molecule has 2 aromatic carbocycles. The van der Waals surface area contributed by atoms with Crippen LogP contribution in [0.25, 0.3) is 22.0 Å². The van der Waals surface area contributed by atoms with Gasteiger partial charge in [-0.05, 0) is 47.2 Å². The summed E-state index contributed by atoms with van der Waals surface area (Å²) in [6.45, 7) is 3.40. The normalized spacial score (nSPS) is 14.7. The molecule has 3 aromatic rings. The third kappa shape index (κ3) is 4.13. The van der Waals surface area contributed by atoms with Gasteiger partial charge in [0, 0.05) is 31.7 Å². The van der Waals surface area contributed by atoms with Gasteiger partial charge in [0.05, 0.1) is 5.69 Å². The third-order valence-electron chi connectivity index (χ3n) is 4.74. The highest BCUT2D eigenvalue weighted by molar-refractivity contribution is 5.91. The molecule has 30 heavy (non-hydrogen) atoms. The van der Waals surface area contributed by atoms with E-state index in [1.54, 1.807) is 12.1 Å². The highest BCUT2D eigenvalue weighted by atomic mass is 19.4. The van der Waals surface area contributed by atoms with Crippen LogP contribution in [0.3, 0.4) is 0 Å². The van der Waals surface area contributed by atoms with Crippen LogP contribution in [0.2, 0.25) is 0 Å². The van der Waals surface area contributed by atoms with Crippen molar-refractivity contribution in [3.05, 3.63) is 42.5 Å². The van der Waals surface area contributed by atoms with Crippen LogP contribution in [0.4, 0.5) is 19.0 Å². The van der Waals surface area contributed by atoms with Crippen LogP contribution in [-0.2, 0) is 4.79 Å². The van der Waals surface area contributed by atoms with Crippen molar-refractivity contribution in [3.63, 3.8) is 0 Å². The van der Waals surface area contributed by atoms with Gasteiger partial charge >= 0.3 is 12.1 Å². The molecule has 0 amide bonds. The van der Waals surface area contributed by atoms with Gasteiger partial charge < -0.3 is 20.1 Å². The number of hydrogen-bond acceptors (Lipinski definition) is 7. The van der Waals surface area contributed by atoms with E-state index in [1.807, 2.05) is 6.07 Å². The number of ether oxygens (including phenoxy) is 1. The molecular weight excluding hydrogens is 401 g/mol. The van der Waals surface area contributed by atoms with E-state index in [4.69, 9.17) is 0 Å². The molecule has 1 saturated heterocycles. The smallest absolute Gasteiger partial charge is 0.491 e. The first kappa shape index (κ1) is 19.9. The molecule has 1 aliphatic heterocycles. The Bertz CT molecular complexity index is 1080.